The van der Waals surface area contributed by atoms with Crippen molar-refractivity contribution in [2.24, 2.45) is 5.73 Å². The van der Waals surface area contributed by atoms with Crippen molar-refractivity contribution in [2.45, 2.75) is 19.3 Å². The van der Waals surface area contributed by atoms with Crippen LogP contribution in [0.2, 0.25) is 0 Å². The van der Waals surface area contributed by atoms with Gasteiger partial charge in [-0.15, -0.1) is 11.3 Å². The van der Waals surface area contributed by atoms with Crippen LogP contribution in [0, 0.1) is 0 Å². The third-order valence-corrected chi connectivity index (χ3v) is 4.88. The fourth-order valence-electron chi connectivity index (χ4n) is 2.62. The van der Waals surface area contributed by atoms with Gasteiger partial charge in [0.25, 0.3) is 11.8 Å². The number of thiophene rings is 1. The van der Waals surface area contributed by atoms with Gasteiger partial charge in [0.1, 0.15) is 5.00 Å². The Balaban J connectivity index is 1.65. The SMILES string of the molecule is NC(=O)c1c(NC(=O)COC(=O)c2nccnc2N)sc2c1CCC2. The number of ether oxygens (including phenoxy) is 1. The van der Waals surface area contributed by atoms with Crippen LogP contribution < -0.4 is 16.8 Å². The largest absolute Gasteiger partial charge is 0.451 e. The number of nitrogen functional groups attached to an aromatic ring is 1. The molecular formula is C15H15N5O4S. The van der Waals surface area contributed by atoms with Gasteiger partial charge >= 0.3 is 5.97 Å². The van der Waals surface area contributed by atoms with Crippen LogP contribution in [0.3, 0.4) is 0 Å². The molecule has 9 nitrogen and oxygen atoms in total. The van der Waals surface area contributed by atoms with Crippen LogP contribution in [0.15, 0.2) is 12.4 Å². The van der Waals surface area contributed by atoms with E-state index in [0.29, 0.717) is 10.6 Å². The smallest absolute Gasteiger partial charge is 0.361 e. The van der Waals surface area contributed by atoms with E-state index in [2.05, 4.69) is 15.3 Å². The molecule has 130 valence electrons. The minimum absolute atomic E-state index is 0.0846. The Kier molecular flexibility index (Phi) is 4.61. The number of nitrogens with one attached hydrogen (secondary N) is 1. The number of nitrogens with two attached hydrogens (primary N) is 2. The highest BCUT2D eigenvalue weighted by atomic mass is 32.1. The Morgan fingerprint density at radius 3 is 2.72 bits per heavy atom. The number of primary amides is 1. The molecule has 2 amide bonds. The van der Waals surface area contributed by atoms with Gasteiger partial charge in [-0.05, 0) is 24.8 Å². The molecule has 5 N–H and O–H groups in total. The summed E-state index contributed by atoms with van der Waals surface area (Å²) in [5, 5.41) is 2.96. The summed E-state index contributed by atoms with van der Waals surface area (Å²) in [7, 11) is 0. The second-order valence-electron chi connectivity index (χ2n) is 5.34. The number of esters is 1. The first-order valence-electron chi connectivity index (χ1n) is 7.45. The number of aryl methyl sites for hydroxylation is 1. The molecular weight excluding hydrogens is 346 g/mol. The molecule has 10 heteroatoms. The molecule has 1 aliphatic carbocycles. The van der Waals surface area contributed by atoms with Gasteiger partial charge in [-0.3, -0.25) is 9.59 Å². The van der Waals surface area contributed by atoms with Gasteiger partial charge in [-0.1, -0.05) is 0 Å². The number of nitrogens with zero attached hydrogens (tertiary/aromatic N) is 2. The molecule has 0 atom stereocenters. The molecule has 0 saturated heterocycles. The zero-order valence-corrected chi connectivity index (χ0v) is 13.9. The van der Waals surface area contributed by atoms with E-state index in [1.165, 1.54) is 23.7 Å². The lowest BCUT2D eigenvalue weighted by Crippen LogP contribution is -2.23. The summed E-state index contributed by atoms with van der Waals surface area (Å²) in [6, 6.07) is 0. The van der Waals surface area contributed by atoms with Gasteiger partial charge in [0.05, 0.1) is 5.56 Å². The first-order chi connectivity index (χ1) is 12.0. The molecule has 0 spiro atoms. The number of hydrogen-bond acceptors (Lipinski definition) is 8. The van der Waals surface area contributed by atoms with Crippen molar-refractivity contribution in [3.05, 3.63) is 34.1 Å². The Bertz CT molecular complexity index is 864. The molecule has 0 saturated carbocycles. The van der Waals surface area contributed by atoms with E-state index in [4.69, 9.17) is 16.2 Å². The predicted molar refractivity (Wildman–Crippen MR) is 90.2 cm³/mol. The topological polar surface area (TPSA) is 150 Å². The van der Waals surface area contributed by atoms with Crippen LogP contribution in [-0.2, 0) is 22.4 Å². The van der Waals surface area contributed by atoms with E-state index in [1.54, 1.807) is 0 Å². The second kappa shape index (κ2) is 6.85. The minimum atomic E-state index is -0.857. The van der Waals surface area contributed by atoms with Crippen LogP contribution in [0.1, 0.15) is 37.7 Å². The van der Waals surface area contributed by atoms with E-state index >= 15 is 0 Å². The van der Waals surface area contributed by atoms with Crippen molar-refractivity contribution in [3.63, 3.8) is 0 Å². The zero-order valence-electron chi connectivity index (χ0n) is 13.1. The number of aromatic nitrogens is 2. The fourth-order valence-corrected chi connectivity index (χ4v) is 3.93. The highest BCUT2D eigenvalue weighted by Gasteiger charge is 2.26. The number of amides is 2. The Hall–Kier alpha value is -3.01. The van der Waals surface area contributed by atoms with Crippen LogP contribution in [0.5, 0.6) is 0 Å². The number of anilines is 2. The van der Waals surface area contributed by atoms with Crippen LogP contribution in [-0.4, -0.2) is 34.4 Å². The lowest BCUT2D eigenvalue weighted by molar-refractivity contribution is -0.119. The first-order valence-corrected chi connectivity index (χ1v) is 8.26. The van der Waals surface area contributed by atoms with Crippen molar-refractivity contribution >= 4 is 39.9 Å². The summed E-state index contributed by atoms with van der Waals surface area (Å²) in [5.74, 6) is -2.11. The molecule has 0 bridgehead atoms. The average Bonchev–Trinajstić information content (AvgIpc) is 3.13. The summed E-state index contributed by atoms with van der Waals surface area (Å²) in [6.07, 6.45) is 5.21. The third-order valence-electron chi connectivity index (χ3n) is 3.67. The number of rotatable bonds is 5. The lowest BCUT2D eigenvalue weighted by Gasteiger charge is -2.07. The lowest BCUT2D eigenvalue weighted by atomic mass is 10.1. The van der Waals surface area contributed by atoms with Gasteiger partial charge in [0.2, 0.25) is 0 Å². The van der Waals surface area contributed by atoms with E-state index in [9.17, 15) is 14.4 Å². The second-order valence-corrected chi connectivity index (χ2v) is 6.45. The standard InChI is InChI=1S/C15H15N5O4S/c16-12-11(18-4-5-19-12)15(23)24-6-9(21)20-14-10(13(17)22)7-2-1-3-8(7)25-14/h4-5H,1-3,6H2,(H2,16,19)(H2,17,22)(H,20,21). The van der Waals surface area contributed by atoms with Gasteiger partial charge in [0, 0.05) is 17.3 Å². The van der Waals surface area contributed by atoms with Crippen LogP contribution >= 0.6 is 11.3 Å². The summed E-state index contributed by atoms with van der Waals surface area (Å²) in [5.41, 5.74) is 12.0. The Labute approximate surface area is 146 Å². The predicted octanol–water partition coefficient (Wildman–Crippen LogP) is 0.503. The summed E-state index contributed by atoms with van der Waals surface area (Å²) in [4.78, 5) is 44.1. The molecule has 0 radical (unpaired) electrons. The Morgan fingerprint density at radius 2 is 2.00 bits per heavy atom. The van der Waals surface area contributed by atoms with Crippen LogP contribution in [0.25, 0.3) is 0 Å². The van der Waals surface area contributed by atoms with E-state index < -0.39 is 24.4 Å². The molecule has 2 aromatic rings. The summed E-state index contributed by atoms with van der Waals surface area (Å²) < 4.78 is 4.88. The Morgan fingerprint density at radius 1 is 1.24 bits per heavy atom. The van der Waals surface area contributed by atoms with Gasteiger partial charge < -0.3 is 21.5 Å². The molecule has 2 aromatic heterocycles. The monoisotopic (exact) mass is 361 g/mol. The quantitative estimate of drug-likeness (QED) is 0.656. The zero-order chi connectivity index (χ0) is 18.0. The molecule has 0 aliphatic heterocycles. The molecule has 25 heavy (non-hydrogen) atoms. The number of fused-ring (bicyclic) bond motifs is 1. The van der Waals surface area contributed by atoms with E-state index in [0.717, 1.165) is 29.7 Å². The normalized spacial score (nSPS) is 12.5. The molecule has 0 unspecified atom stereocenters. The van der Waals surface area contributed by atoms with Crippen LogP contribution in [0.4, 0.5) is 10.8 Å². The molecule has 3 rings (SSSR count). The highest BCUT2D eigenvalue weighted by molar-refractivity contribution is 7.17. The average molecular weight is 361 g/mol. The summed E-state index contributed by atoms with van der Waals surface area (Å²) >= 11 is 1.32. The number of carbonyl (C=O) groups excluding carboxylic acids is 3. The van der Waals surface area contributed by atoms with E-state index in [1.807, 2.05) is 0 Å². The van der Waals surface area contributed by atoms with Gasteiger partial charge in [0.15, 0.2) is 18.1 Å². The number of hydrogen-bond donors (Lipinski definition) is 3. The maximum Gasteiger partial charge on any atom is 0.361 e. The molecule has 0 fully saturated rings. The molecule has 0 aromatic carbocycles. The van der Waals surface area contributed by atoms with Crippen molar-refractivity contribution in [3.8, 4) is 0 Å². The first kappa shape index (κ1) is 16.8. The molecule has 1 aliphatic rings. The fraction of sp³-hybridized carbons (Fsp3) is 0.267. The van der Waals surface area contributed by atoms with Crippen molar-refractivity contribution in [2.75, 3.05) is 17.7 Å². The minimum Gasteiger partial charge on any atom is -0.451 e. The molecule has 2 heterocycles. The van der Waals surface area contributed by atoms with Crippen molar-refractivity contribution in [1.29, 1.82) is 0 Å². The van der Waals surface area contributed by atoms with Crippen molar-refractivity contribution in [1.82, 2.24) is 9.97 Å². The van der Waals surface area contributed by atoms with Crippen molar-refractivity contribution < 1.29 is 19.1 Å². The van der Waals surface area contributed by atoms with Gasteiger partial charge in [-0.2, -0.15) is 0 Å². The van der Waals surface area contributed by atoms with Gasteiger partial charge in [-0.25, -0.2) is 14.8 Å². The maximum absolute atomic E-state index is 12.0. The highest BCUT2D eigenvalue weighted by Crippen LogP contribution is 2.38. The third kappa shape index (κ3) is 3.43. The maximum atomic E-state index is 12.0. The van der Waals surface area contributed by atoms with E-state index in [-0.39, 0.29) is 11.5 Å². The summed E-state index contributed by atoms with van der Waals surface area (Å²) in [6.45, 7) is -0.546. The number of carbonyl (C=O) groups is 3.